The zero-order valence-corrected chi connectivity index (χ0v) is 38.8. The van der Waals surface area contributed by atoms with Gasteiger partial charge in [-0.05, 0) is 73.0 Å². The van der Waals surface area contributed by atoms with Crippen LogP contribution in [-0.2, 0) is 42.1 Å². The topological polar surface area (TPSA) is 139 Å². The zero-order chi connectivity index (χ0) is 44.6. The van der Waals surface area contributed by atoms with Gasteiger partial charge in [-0.3, -0.25) is 4.79 Å². The number of aryl methyl sites for hydroxylation is 1. The second-order valence-electron chi connectivity index (χ2n) is 19.2. The Kier molecular flexibility index (Phi) is 13.3. The van der Waals surface area contributed by atoms with Gasteiger partial charge in [0.25, 0.3) is 0 Å². The molecule has 2 aliphatic rings. The molecule has 3 heterocycles. The SMILES string of the molecule is CC1(C)C(=CC=C(C=CC2=[N+](CCC[N+](C)(C)C)c3ccc(S(C)(=O)=O)cc3C2(C)C)c2cc[n+](CCC(=O)O)cc2)N(CCC[N+](C)(C)C)c2ccc(S(=O)(=O)[O-])cc21. The van der Waals surface area contributed by atoms with Crippen molar-refractivity contribution in [2.24, 2.45) is 0 Å². The molecule has 3 aromatic rings. The number of fused-ring (bicyclic) bond motifs is 2. The van der Waals surface area contributed by atoms with Gasteiger partial charge >= 0.3 is 5.97 Å². The summed E-state index contributed by atoms with van der Waals surface area (Å²) < 4.78 is 67.7. The van der Waals surface area contributed by atoms with Crippen LogP contribution in [0.25, 0.3) is 5.57 Å². The molecule has 2 aliphatic heterocycles. The molecule has 1 aromatic heterocycles. The highest BCUT2D eigenvalue weighted by Crippen LogP contribution is 2.49. The van der Waals surface area contributed by atoms with Crippen molar-refractivity contribution in [2.75, 3.05) is 79.6 Å². The van der Waals surface area contributed by atoms with E-state index < -0.39 is 36.8 Å². The molecule has 60 heavy (non-hydrogen) atoms. The van der Waals surface area contributed by atoms with Crippen LogP contribution < -0.4 is 9.47 Å². The molecule has 0 bridgehead atoms. The first-order chi connectivity index (χ1) is 27.6. The van der Waals surface area contributed by atoms with E-state index in [9.17, 15) is 31.3 Å². The van der Waals surface area contributed by atoms with Crippen molar-refractivity contribution in [1.82, 2.24) is 0 Å². The number of benzene rings is 2. The summed E-state index contributed by atoms with van der Waals surface area (Å²) in [5, 5.41) is 9.29. The van der Waals surface area contributed by atoms with Crippen LogP contribution >= 0.6 is 0 Å². The maximum absolute atomic E-state index is 12.7. The summed E-state index contributed by atoms with van der Waals surface area (Å²) in [5.74, 6) is -0.875. The number of sulfone groups is 1. The number of anilines is 1. The Morgan fingerprint density at radius 3 is 2.00 bits per heavy atom. The molecule has 0 spiro atoms. The number of carbonyl (C=O) groups is 1. The third kappa shape index (κ3) is 10.9. The van der Waals surface area contributed by atoms with Crippen LogP contribution in [-0.4, -0.2) is 126 Å². The summed E-state index contributed by atoms with van der Waals surface area (Å²) in [4.78, 5) is 13.6. The Bertz CT molecular complexity index is 2490. The van der Waals surface area contributed by atoms with Gasteiger partial charge in [-0.15, -0.1) is 0 Å². The van der Waals surface area contributed by atoms with E-state index in [1.165, 1.54) is 18.4 Å². The van der Waals surface area contributed by atoms with Gasteiger partial charge in [0.05, 0.1) is 77.0 Å². The number of carboxylic acids is 1. The first-order valence-electron chi connectivity index (χ1n) is 20.4. The summed E-state index contributed by atoms with van der Waals surface area (Å²) in [5.41, 5.74) is 6.10. The average Bonchev–Trinajstić information content (AvgIpc) is 3.46. The average molecular weight is 863 g/mol. The molecule has 0 saturated carbocycles. The van der Waals surface area contributed by atoms with Gasteiger partial charge in [0.2, 0.25) is 5.69 Å². The minimum Gasteiger partial charge on any atom is -0.744 e. The van der Waals surface area contributed by atoms with Gasteiger partial charge in [-0.1, -0.05) is 19.9 Å². The lowest BCUT2D eigenvalue weighted by Crippen LogP contribution is -2.37. The van der Waals surface area contributed by atoms with E-state index in [-0.39, 0.29) is 16.2 Å². The summed E-state index contributed by atoms with van der Waals surface area (Å²) in [6, 6.07) is 14.0. The number of hydrogen-bond acceptors (Lipinski definition) is 7. The van der Waals surface area contributed by atoms with E-state index in [1.807, 2.05) is 55.1 Å². The van der Waals surface area contributed by atoms with Crippen LogP contribution in [0.5, 0.6) is 0 Å². The van der Waals surface area contributed by atoms with Crippen LogP contribution in [0.15, 0.2) is 101 Å². The lowest BCUT2D eigenvalue weighted by atomic mass is 9.81. The number of quaternary nitrogens is 2. The molecule has 324 valence electrons. The smallest absolute Gasteiger partial charge is 0.309 e. The van der Waals surface area contributed by atoms with Crippen LogP contribution in [0.1, 0.15) is 63.6 Å². The van der Waals surface area contributed by atoms with Crippen molar-refractivity contribution < 1.29 is 49.4 Å². The Labute approximate surface area is 357 Å². The maximum Gasteiger partial charge on any atom is 0.309 e. The number of aromatic nitrogens is 1. The second-order valence-corrected chi connectivity index (χ2v) is 22.6. The minimum atomic E-state index is -4.68. The fraction of sp³-hybridized carbons (Fsp3) is 0.457. The largest absolute Gasteiger partial charge is 0.744 e. The van der Waals surface area contributed by atoms with Crippen LogP contribution in [0.4, 0.5) is 11.4 Å². The van der Waals surface area contributed by atoms with Gasteiger partial charge in [-0.25, -0.2) is 21.4 Å². The molecule has 0 radical (unpaired) electrons. The Morgan fingerprint density at radius 1 is 0.817 bits per heavy atom. The number of aliphatic carboxylic acids is 1. The lowest BCUT2D eigenvalue weighted by Gasteiger charge is -2.29. The number of pyridine rings is 1. The molecule has 0 fully saturated rings. The molecule has 12 nitrogen and oxygen atoms in total. The van der Waals surface area contributed by atoms with E-state index in [0.717, 1.165) is 86.5 Å². The first-order valence-corrected chi connectivity index (χ1v) is 23.7. The Balaban J connectivity index is 1.68. The molecular weight excluding hydrogens is 799 g/mol. The minimum absolute atomic E-state index is 0.00736. The van der Waals surface area contributed by atoms with Gasteiger partial charge in [-0.2, -0.15) is 4.58 Å². The first kappa shape index (κ1) is 46.6. The third-order valence-corrected chi connectivity index (χ3v) is 13.5. The summed E-state index contributed by atoms with van der Waals surface area (Å²) >= 11 is 0. The van der Waals surface area contributed by atoms with Crippen molar-refractivity contribution in [3.05, 3.63) is 108 Å². The summed E-state index contributed by atoms with van der Waals surface area (Å²) in [6.45, 7) is 11.9. The summed E-state index contributed by atoms with van der Waals surface area (Å²) in [7, 11) is 4.83. The number of rotatable bonds is 17. The summed E-state index contributed by atoms with van der Waals surface area (Å²) in [6.07, 6.45) is 15.1. The quantitative estimate of drug-likeness (QED) is 0.0797. The van der Waals surface area contributed by atoms with Crippen molar-refractivity contribution in [3.8, 4) is 0 Å². The molecule has 14 heteroatoms. The normalized spacial score (nSPS) is 17.5. The van der Waals surface area contributed by atoms with E-state index in [0.29, 0.717) is 13.1 Å². The highest BCUT2D eigenvalue weighted by atomic mass is 32.2. The van der Waals surface area contributed by atoms with E-state index in [2.05, 4.69) is 89.9 Å². The Morgan fingerprint density at radius 2 is 1.42 bits per heavy atom. The number of carboxylic acid groups (broad SMARTS) is 1. The molecule has 5 rings (SSSR count). The highest BCUT2D eigenvalue weighted by Gasteiger charge is 2.45. The molecule has 0 amide bonds. The van der Waals surface area contributed by atoms with Crippen LogP contribution in [0.2, 0.25) is 0 Å². The molecular formula is C46H64N5O7S2+3. The maximum atomic E-state index is 12.7. The number of allylic oxidation sites excluding steroid dienone is 6. The fourth-order valence-corrected chi connectivity index (χ4v) is 9.34. The fourth-order valence-electron chi connectivity index (χ4n) is 8.19. The highest BCUT2D eigenvalue weighted by molar-refractivity contribution is 7.90. The molecule has 1 N–H and O–H groups in total. The number of hydrogen-bond donors (Lipinski definition) is 1. The standard InChI is InChI=1S/C46H63N5O7S2/c1-45(2)38-32-36(59(11,54)55)16-18-40(38)48(25-12-30-50(5,6)7)42(45)20-14-34(35-22-27-47(28-23-35)29-24-44(52)53)15-21-43-46(3,4)39-33-37(60(56,57)58)17-19-41(39)49(43)26-13-31-51(8,9)10/h14-23,27-28,32-33H,12-13,24-26,29-31H2,1-11H3/q+2/p+1. The molecule has 0 atom stereocenters. The Hall–Kier alpha value is -4.47. The molecule has 0 saturated heterocycles. The van der Waals surface area contributed by atoms with Gasteiger partial charge < -0.3 is 23.5 Å². The zero-order valence-electron chi connectivity index (χ0n) is 37.2. The third-order valence-electron chi connectivity index (χ3n) is 11.5. The van der Waals surface area contributed by atoms with Gasteiger partial charge in [0, 0.05) is 65.9 Å². The van der Waals surface area contributed by atoms with Crippen molar-refractivity contribution >= 4 is 48.6 Å². The van der Waals surface area contributed by atoms with Crippen LogP contribution in [0.3, 0.4) is 0 Å². The van der Waals surface area contributed by atoms with Crippen molar-refractivity contribution in [1.29, 1.82) is 0 Å². The monoisotopic (exact) mass is 862 g/mol. The molecule has 2 aromatic carbocycles. The molecule has 0 unspecified atom stereocenters. The predicted molar refractivity (Wildman–Crippen MR) is 236 cm³/mol. The van der Waals surface area contributed by atoms with Crippen molar-refractivity contribution in [3.63, 3.8) is 0 Å². The number of nitrogens with zero attached hydrogens (tertiary/aromatic N) is 5. The van der Waals surface area contributed by atoms with E-state index in [1.54, 1.807) is 12.1 Å². The predicted octanol–water partition coefficient (Wildman–Crippen LogP) is 5.65. The van der Waals surface area contributed by atoms with Crippen molar-refractivity contribution in [2.45, 2.75) is 74.1 Å². The lowest BCUT2D eigenvalue weighted by molar-refractivity contribution is -0.871. The second kappa shape index (κ2) is 17.1. The van der Waals surface area contributed by atoms with Crippen LogP contribution in [0, 0.1) is 0 Å². The van der Waals surface area contributed by atoms with Gasteiger partial charge in [0.1, 0.15) is 16.5 Å². The molecule has 0 aliphatic carbocycles. The van der Waals surface area contributed by atoms with E-state index in [4.69, 9.17) is 0 Å². The van der Waals surface area contributed by atoms with E-state index >= 15 is 0 Å². The van der Waals surface area contributed by atoms with Gasteiger partial charge in [0.15, 0.2) is 41.0 Å².